The minimum absolute atomic E-state index is 0.104. The Morgan fingerprint density at radius 1 is 1.13 bits per heavy atom. The van der Waals surface area contributed by atoms with Crippen molar-refractivity contribution in [3.8, 4) is 11.8 Å². The Labute approximate surface area is 174 Å². The molecule has 0 saturated heterocycles. The lowest BCUT2D eigenvalue weighted by atomic mass is 9.69. The summed E-state index contributed by atoms with van der Waals surface area (Å²) in [6.07, 6.45) is 0. The maximum absolute atomic E-state index is 14.0. The van der Waals surface area contributed by atoms with Gasteiger partial charge in [-0.05, 0) is 18.2 Å². The number of carbonyl (C=O) groups is 2. The summed E-state index contributed by atoms with van der Waals surface area (Å²) in [5.74, 6) is -1.59. The van der Waals surface area contributed by atoms with Crippen molar-refractivity contribution in [2.45, 2.75) is 5.41 Å². The predicted molar refractivity (Wildman–Crippen MR) is 109 cm³/mol. The monoisotopic (exact) mass is 414 g/mol. The van der Waals surface area contributed by atoms with Crippen LogP contribution in [0, 0.1) is 11.3 Å². The van der Waals surface area contributed by atoms with Crippen LogP contribution in [0.15, 0.2) is 69.2 Å². The summed E-state index contributed by atoms with van der Waals surface area (Å²) < 4.78 is 11.1. The lowest BCUT2D eigenvalue weighted by Crippen LogP contribution is -2.48. The second kappa shape index (κ2) is 6.21. The van der Waals surface area contributed by atoms with E-state index in [4.69, 9.17) is 20.6 Å². The smallest absolute Gasteiger partial charge is 0.343 e. The fourth-order valence-electron chi connectivity index (χ4n) is 4.44. The van der Waals surface area contributed by atoms with E-state index < -0.39 is 29.4 Å². The van der Waals surface area contributed by atoms with Gasteiger partial charge in [-0.15, -0.1) is 0 Å². The normalized spacial score (nSPS) is 19.2. The number of nitrogens with zero attached hydrogens (tertiary/aromatic N) is 2. The quantitative estimate of drug-likeness (QED) is 0.593. The van der Waals surface area contributed by atoms with Crippen molar-refractivity contribution in [2.24, 2.45) is 11.5 Å². The highest BCUT2D eigenvalue weighted by molar-refractivity contribution is 6.20. The number of ether oxygens (including phenoxy) is 1. The highest BCUT2D eigenvalue weighted by Gasteiger charge is 2.61. The van der Waals surface area contributed by atoms with Crippen LogP contribution in [0.4, 0.5) is 5.69 Å². The summed E-state index contributed by atoms with van der Waals surface area (Å²) in [6.45, 7) is -0.497. The number of nitrogens with two attached hydrogens (primary N) is 2. The number of anilines is 1. The number of amides is 2. The molecule has 0 bridgehead atoms. The van der Waals surface area contributed by atoms with Crippen LogP contribution >= 0.6 is 0 Å². The topological polar surface area (TPSA) is 153 Å². The van der Waals surface area contributed by atoms with Crippen LogP contribution in [-0.2, 0) is 15.0 Å². The molecule has 0 fully saturated rings. The number of primary amides is 1. The Morgan fingerprint density at radius 3 is 2.58 bits per heavy atom. The Hall–Kier alpha value is -4.58. The van der Waals surface area contributed by atoms with Crippen LogP contribution in [0.1, 0.15) is 11.1 Å². The molecule has 9 heteroatoms. The zero-order chi connectivity index (χ0) is 21.9. The first-order chi connectivity index (χ1) is 14.9. The molecule has 2 aliphatic rings. The van der Waals surface area contributed by atoms with E-state index >= 15 is 0 Å². The minimum Gasteiger partial charge on any atom is -0.440 e. The summed E-state index contributed by atoms with van der Waals surface area (Å²) >= 11 is 0. The molecule has 0 saturated carbocycles. The van der Waals surface area contributed by atoms with Crippen molar-refractivity contribution in [1.29, 1.82) is 5.26 Å². The first kappa shape index (κ1) is 18.4. The summed E-state index contributed by atoms with van der Waals surface area (Å²) in [6, 6.07) is 15.0. The lowest BCUT2D eigenvalue weighted by Gasteiger charge is -2.33. The number of para-hydroxylation sites is 2. The van der Waals surface area contributed by atoms with Gasteiger partial charge in [0.15, 0.2) is 5.41 Å². The van der Waals surface area contributed by atoms with Gasteiger partial charge in [-0.3, -0.25) is 9.59 Å². The molecular formula is C22H14N4O5. The van der Waals surface area contributed by atoms with Crippen molar-refractivity contribution in [2.75, 3.05) is 11.4 Å². The van der Waals surface area contributed by atoms with Crippen LogP contribution in [0.25, 0.3) is 11.0 Å². The zero-order valence-corrected chi connectivity index (χ0v) is 15.9. The molecule has 3 heterocycles. The molecule has 2 amide bonds. The van der Waals surface area contributed by atoms with E-state index in [0.717, 1.165) is 4.90 Å². The number of benzene rings is 2. The fraction of sp³-hybridized carbons (Fsp3) is 0.0909. The molecule has 9 nitrogen and oxygen atoms in total. The van der Waals surface area contributed by atoms with Crippen molar-refractivity contribution in [1.82, 2.24) is 0 Å². The third kappa shape index (κ3) is 2.21. The third-order valence-corrected chi connectivity index (χ3v) is 5.55. The third-order valence-electron chi connectivity index (χ3n) is 5.55. The van der Waals surface area contributed by atoms with E-state index in [2.05, 4.69) is 0 Å². The van der Waals surface area contributed by atoms with Crippen molar-refractivity contribution in [3.05, 3.63) is 81.5 Å². The number of fused-ring (bicyclic) bond motifs is 6. The van der Waals surface area contributed by atoms with Gasteiger partial charge in [0.25, 0.3) is 0 Å². The SMILES string of the molecule is N#CC1=C(N)Oc2ccccc2[C@@]12C(=O)N(CC(N)=O)c1c2c(=O)oc2ccccc12. The molecular weight excluding hydrogens is 400 g/mol. The predicted octanol–water partition coefficient (Wildman–Crippen LogP) is 0.997. The van der Waals surface area contributed by atoms with Gasteiger partial charge in [0, 0.05) is 10.9 Å². The molecule has 2 aliphatic heterocycles. The molecule has 0 unspecified atom stereocenters. The maximum atomic E-state index is 14.0. The van der Waals surface area contributed by atoms with Crippen LogP contribution in [-0.4, -0.2) is 18.4 Å². The van der Waals surface area contributed by atoms with Crippen LogP contribution in [0.3, 0.4) is 0 Å². The van der Waals surface area contributed by atoms with Crippen molar-refractivity contribution in [3.63, 3.8) is 0 Å². The van der Waals surface area contributed by atoms with Crippen molar-refractivity contribution < 1.29 is 18.7 Å². The van der Waals surface area contributed by atoms with Crippen LogP contribution < -0.4 is 26.7 Å². The Kier molecular flexibility index (Phi) is 3.69. The van der Waals surface area contributed by atoms with Gasteiger partial charge >= 0.3 is 5.63 Å². The standard InChI is InChI=1S/C22H14N4O5/c23-9-13-19(25)30-15-8-4-2-6-12(15)22(13)17-18(26(21(22)29)10-16(24)27)11-5-1-3-7-14(11)31-20(17)28/h1-8H,10,25H2,(H2,24,27)/t22-/m1/s1. The number of carbonyl (C=O) groups excluding carboxylic acids is 2. The van der Waals surface area contributed by atoms with Gasteiger partial charge in [0.05, 0.1) is 11.3 Å². The fourth-order valence-corrected chi connectivity index (χ4v) is 4.44. The molecule has 1 aromatic heterocycles. The van der Waals surface area contributed by atoms with Gasteiger partial charge in [0.2, 0.25) is 17.7 Å². The minimum atomic E-state index is -1.93. The molecule has 2 aromatic carbocycles. The Morgan fingerprint density at radius 2 is 1.84 bits per heavy atom. The van der Waals surface area contributed by atoms with E-state index in [-0.39, 0.29) is 39.6 Å². The number of hydrogen-bond donors (Lipinski definition) is 2. The number of hydrogen-bond acceptors (Lipinski definition) is 7. The summed E-state index contributed by atoms with van der Waals surface area (Å²) in [5, 5.41) is 10.4. The number of nitriles is 1. The second-order valence-corrected chi connectivity index (χ2v) is 7.17. The first-order valence-electron chi connectivity index (χ1n) is 9.25. The Balaban J connectivity index is 2.02. The zero-order valence-electron chi connectivity index (χ0n) is 15.9. The first-order valence-corrected chi connectivity index (χ1v) is 9.25. The lowest BCUT2D eigenvalue weighted by molar-refractivity contribution is -0.123. The molecule has 0 radical (unpaired) electrons. The average Bonchev–Trinajstić information content (AvgIpc) is 2.98. The van der Waals surface area contributed by atoms with Gasteiger partial charge in [-0.2, -0.15) is 5.26 Å². The molecule has 1 spiro atoms. The second-order valence-electron chi connectivity index (χ2n) is 7.17. The van der Waals surface area contributed by atoms with Crippen molar-refractivity contribution >= 4 is 28.5 Å². The molecule has 3 aromatic rings. The summed E-state index contributed by atoms with van der Waals surface area (Å²) in [4.78, 5) is 40.2. The van der Waals surface area contributed by atoms with Gasteiger partial charge < -0.3 is 25.5 Å². The molecule has 4 N–H and O–H groups in total. The van der Waals surface area contributed by atoms with Crippen LogP contribution in [0.5, 0.6) is 5.75 Å². The van der Waals surface area contributed by atoms with E-state index in [1.165, 1.54) is 0 Å². The van der Waals surface area contributed by atoms with Crippen LogP contribution in [0.2, 0.25) is 0 Å². The van der Waals surface area contributed by atoms with E-state index in [1.807, 2.05) is 6.07 Å². The maximum Gasteiger partial charge on any atom is 0.343 e. The molecule has 0 aliphatic carbocycles. The molecule has 5 rings (SSSR count). The largest absolute Gasteiger partial charge is 0.440 e. The van der Waals surface area contributed by atoms with E-state index in [9.17, 15) is 19.6 Å². The summed E-state index contributed by atoms with van der Waals surface area (Å²) in [7, 11) is 0. The Bertz CT molecular complexity index is 1450. The van der Waals surface area contributed by atoms with Gasteiger partial charge in [0.1, 0.15) is 29.5 Å². The van der Waals surface area contributed by atoms with Gasteiger partial charge in [-0.1, -0.05) is 30.3 Å². The highest BCUT2D eigenvalue weighted by Crippen LogP contribution is 2.55. The number of rotatable bonds is 2. The van der Waals surface area contributed by atoms with Gasteiger partial charge in [-0.25, -0.2) is 4.79 Å². The summed E-state index contributed by atoms with van der Waals surface area (Å²) in [5.41, 5.74) is 8.97. The highest BCUT2D eigenvalue weighted by atomic mass is 16.5. The molecule has 152 valence electrons. The van der Waals surface area contributed by atoms with E-state index in [1.54, 1.807) is 48.5 Å². The average molecular weight is 414 g/mol. The molecule has 1 atom stereocenters. The van der Waals surface area contributed by atoms with E-state index in [0.29, 0.717) is 5.39 Å². The molecule has 31 heavy (non-hydrogen) atoms.